The number of nitrogens with zero attached hydrogens (tertiary/aromatic N) is 1. The molecule has 0 radical (unpaired) electrons. The van der Waals surface area contributed by atoms with E-state index in [1.165, 1.54) is 45.5 Å². The lowest BCUT2D eigenvalue weighted by atomic mass is 10.3. The number of ether oxygens (including phenoxy) is 1. The first-order chi connectivity index (χ1) is 11.6. The smallest absolute Gasteiger partial charge is 0.264 e. The Labute approximate surface area is 152 Å². The highest BCUT2D eigenvalue weighted by molar-refractivity contribution is 7.93. The van der Waals surface area contributed by atoms with E-state index >= 15 is 0 Å². The van der Waals surface area contributed by atoms with Crippen LogP contribution in [-0.2, 0) is 20.0 Å². The van der Waals surface area contributed by atoms with Gasteiger partial charge in [-0.05, 0) is 43.4 Å². The number of halogens is 1. The van der Waals surface area contributed by atoms with Crippen LogP contribution >= 0.6 is 11.6 Å². The van der Waals surface area contributed by atoms with Crippen LogP contribution in [0.4, 0.5) is 5.69 Å². The van der Waals surface area contributed by atoms with Gasteiger partial charge >= 0.3 is 0 Å². The average molecular weight is 405 g/mol. The van der Waals surface area contributed by atoms with Gasteiger partial charge in [-0.2, -0.15) is 0 Å². The number of hydrogen-bond donors (Lipinski definition) is 1. The van der Waals surface area contributed by atoms with Crippen LogP contribution < -0.4 is 13.8 Å². The minimum Gasteiger partial charge on any atom is -0.495 e. The van der Waals surface area contributed by atoms with E-state index < -0.39 is 20.0 Å². The van der Waals surface area contributed by atoms with E-state index in [2.05, 4.69) is 4.72 Å². The van der Waals surface area contributed by atoms with Crippen LogP contribution in [0.15, 0.2) is 52.3 Å². The maximum Gasteiger partial charge on any atom is 0.264 e. The standard InChI is InChI=1S/C15H17ClN2O5S2/c1-17-24(19,20)12-5-4-6-13(10-12)25(21,22)18(2)14-9-11(16)7-8-15(14)23-3/h4-10,17H,1-3H3. The van der Waals surface area contributed by atoms with E-state index in [9.17, 15) is 16.8 Å². The van der Waals surface area contributed by atoms with Crippen LogP contribution in [0, 0.1) is 0 Å². The summed E-state index contributed by atoms with van der Waals surface area (Å²) < 4.78 is 57.9. The molecule has 25 heavy (non-hydrogen) atoms. The largest absolute Gasteiger partial charge is 0.495 e. The Bertz CT molecular complexity index is 991. The molecule has 2 aromatic carbocycles. The second kappa shape index (κ2) is 7.20. The fourth-order valence-corrected chi connectivity index (χ4v) is 4.38. The summed E-state index contributed by atoms with van der Waals surface area (Å²) in [5, 5.41) is 0.337. The minimum absolute atomic E-state index is 0.150. The van der Waals surface area contributed by atoms with Crippen molar-refractivity contribution in [2.75, 3.05) is 25.5 Å². The molecule has 0 aliphatic rings. The SMILES string of the molecule is CNS(=O)(=O)c1cccc(S(=O)(=O)N(C)c2cc(Cl)ccc2OC)c1. The zero-order chi connectivity index (χ0) is 18.8. The van der Waals surface area contributed by atoms with E-state index in [0.717, 1.165) is 10.4 Å². The Balaban J connectivity index is 2.56. The summed E-state index contributed by atoms with van der Waals surface area (Å²) in [6.07, 6.45) is 0. The molecule has 0 saturated heterocycles. The molecule has 0 atom stereocenters. The molecule has 10 heteroatoms. The molecular formula is C15H17ClN2O5S2. The summed E-state index contributed by atoms with van der Waals surface area (Å²) >= 11 is 5.95. The van der Waals surface area contributed by atoms with Gasteiger partial charge in [0.1, 0.15) is 5.75 Å². The van der Waals surface area contributed by atoms with Crippen molar-refractivity contribution >= 4 is 37.3 Å². The molecule has 0 aliphatic carbocycles. The molecule has 0 fully saturated rings. The third-order valence-corrected chi connectivity index (χ3v) is 6.94. The molecule has 0 bridgehead atoms. The molecule has 0 heterocycles. The van der Waals surface area contributed by atoms with Crippen molar-refractivity contribution in [3.8, 4) is 5.75 Å². The van der Waals surface area contributed by atoms with Crippen LogP contribution in [0.3, 0.4) is 0 Å². The van der Waals surface area contributed by atoms with Gasteiger partial charge in [-0.3, -0.25) is 4.31 Å². The average Bonchev–Trinajstić information content (AvgIpc) is 2.61. The molecule has 136 valence electrons. The van der Waals surface area contributed by atoms with Crippen LogP contribution in [-0.4, -0.2) is 38.0 Å². The van der Waals surface area contributed by atoms with Gasteiger partial charge in [0.05, 0.1) is 22.6 Å². The Kier molecular flexibility index (Phi) is 5.62. The zero-order valence-electron chi connectivity index (χ0n) is 13.7. The number of benzene rings is 2. The molecular weight excluding hydrogens is 388 g/mol. The van der Waals surface area contributed by atoms with Gasteiger partial charge < -0.3 is 4.74 Å². The maximum absolute atomic E-state index is 12.9. The highest BCUT2D eigenvalue weighted by Gasteiger charge is 2.25. The number of anilines is 1. The van der Waals surface area contributed by atoms with Crippen molar-refractivity contribution in [2.24, 2.45) is 0 Å². The highest BCUT2D eigenvalue weighted by Crippen LogP contribution is 2.34. The molecule has 0 aromatic heterocycles. The Morgan fingerprint density at radius 1 is 1.04 bits per heavy atom. The summed E-state index contributed by atoms with van der Waals surface area (Å²) in [6.45, 7) is 0. The van der Waals surface area contributed by atoms with Crippen molar-refractivity contribution in [2.45, 2.75) is 9.79 Å². The van der Waals surface area contributed by atoms with E-state index in [1.807, 2.05) is 0 Å². The first kappa shape index (κ1) is 19.5. The zero-order valence-corrected chi connectivity index (χ0v) is 16.1. The number of rotatable bonds is 6. The molecule has 0 aliphatic heterocycles. The Hall–Kier alpha value is -1.81. The van der Waals surface area contributed by atoms with Crippen molar-refractivity contribution in [3.05, 3.63) is 47.5 Å². The van der Waals surface area contributed by atoms with Gasteiger partial charge in [0, 0.05) is 12.1 Å². The molecule has 0 amide bonds. The lowest BCUT2D eigenvalue weighted by Crippen LogP contribution is -2.27. The first-order valence-corrected chi connectivity index (χ1v) is 10.3. The Morgan fingerprint density at radius 2 is 1.68 bits per heavy atom. The van der Waals surface area contributed by atoms with Crippen molar-refractivity contribution in [1.29, 1.82) is 0 Å². The molecule has 1 N–H and O–H groups in total. The predicted octanol–water partition coefficient (Wildman–Crippen LogP) is 2.08. The van der Waals surface area contributed by atoms with E-state index in [0.29, 0.717) is 10.8 Å². The van der Waals surface area contributed by atoms with Crippen molar-refractivity contribution in [3.63, 3.8) is 0 Å². The van der Waals surface area contributed by atoms with Crippen LogP contribution in [0.5, 0.6) is 5.75 Å². The molecule has 0 unspecified atom stereocenters. The quantitative estimate of drug-likeness (QED) is 0.795. The number of nitrogens with one attached hydrogen (secondary N) is 1. The summed E-state index contributed by atoms with van der Waals surface area (Å²) in [5.74, 6) is 0.314. The second-order valence-electron chi connectivity index (χ2n) is 4.97. The van der Waals surface area contributed by atoms with Crippen LogP contribution in [0.1, 0.15) is 0 Å². The van der Waals surface area contributed by atoms with E-state index in [-0.39, 0.29) is 15.5 Å². The third-order valence-electron chi connectivity index (χ3n) is 3.52. The second-order valence-corrected chi connectivity index (χ2v) is 9.26. The fourth-order valence-electron chi connectivity index (χ4n) is 2.12. The van der Waals surface area contributed by atoms with Gasteiger partial charge in [0.25, 0.3) is 10.0 Å². The van der Waals surface area contributed by atoms with Gasteiger partial charge in [0.2, 0.25) is 10.0 Å². The lowest BCUT2D eigenvalue weighted by Gasteiger charge is -2.22. The van der Waals surface area contributed by atoms with E-state index in [4.69, 9.17) is 16.3 Å². The van der Waals surface area contributed by atoms with Crippen LogP contribution in [0.25, 0.3) is 0 Å². The first-order valence-electron chi connectivity index (χ1n) is 6.99. The highest BCUT2D eigenvalue weighted by atomic mass is 35.5. The summed E-state index contributed by atoms with van der Waals surface area (Å²) in [4.78, 5) is -0.323. The van der Waals surface area contributed by atoms with Crippen molar-refractivity contribution in [1.82, 2.24) is 4.72 Å². The topological polar surface area (TPSA) is 92.8 Å². The number of methoxy groups -OCH3 is 1. The summed E-state index contributed by atoms with van der Waals surface area (Å²) in [6, 6.07) is 9.65. The molecule has 2 rings (SSSR count). The summed E-state index contributed by atoms with van der Waals surface area (Å²) in [5.41, 5.74) is 0.233. The van der Waals surface area contributed by atoms with Crippen LogP contribution in [0.2, 0.25) is 5.02 Å². The number of hydrogen-bond acceptors (Lipinski definition) is 5. The van der Waals surface area contributed by atoms with E-state index in [1.54, 1.807) is 12.1 Å². The van der Waals surface area contributed by atoms with Gasteiger partial charge in [-0.1, -0.05) is 17.7 Å². The normalized spacial score (nSPS) is 12.0. The monoisotopic (exact) mass is 404 g/mol. The molecule has 0 saturated carbocycles. The predicted molar refractivity (Wildman–Crippen MR) is 96.3 cm³/mol. The molecule has 0 spiro atoms. The number of sulfonamides is 2. The maximum atomic E-state index is 12.9. The summed E-state index contributed by atoms with van der Waals surface area (Å²) in [7, 11) is -3.80. The molecule has 7 nitrogen and oxygen atoms in total. The van der Waals surface area contributed by atoms with Gasteiger partial charge in [-0.15, -0.1) is 0 Å². The van der Waals surface area contributed by atoms with Crippen molar-refractivity contribution < 1.29 is 21.6 Å². The fraction of sp³-hybridized carbons (Fsp3) is 0.200. The van der Waals surface area contributed by atoms with Gasteiger partial charge in [0.15, 0.2) is 0 Å². The Morgan fingerprint density at radius 3 is 2.28 bits per heavy atom. The van der Waals surface area contributed by atoms with Gasteiger partial charge in [-0.25, -0.2) is 21.6 Å². The minimum atomic E-state index is -4.03. The molecule has 2 aromatic rings. The lowest BCUT2D eigenvalue weighted by molar-refractivity contribution is 0.416. The third kappa shape index (κ3) is 3.90.